The Morgan fingerprint density at radius 1 is 0.848 bits per heavy atom. The Balaban J connectivity index is 1.21. The molecule has 1 saturated carbocycles. The Morgan fingerprint density at radius 3 is 2.70 bits per heavy atom. The summed E-state index contributed by atoms with van der Waals surface area (Å²) in [5.41, 5.74) is 4.10. The number of pyridine rings is 1. The quantitative estimate of drug-likeness (QED) is 0.313. The fourth-order valence-corrected chi connectivity index (χ4v) is 4.80. The van der Waals surface area contributed by atoms with Crippen LogP contribution in [-0.2, 0) is 6.54 Å². The third-order valence-electron chi connectivity index (χ3n) is 6.48. The molecule has 0 bridgehead atoms. The molecule has 164 valence electrons. The molecule has 3 aromatic heterocycles. The average Bonchev–Trinajstić information content (AvgIpc) is 3.50. The van der Waals surface area contributed by atoms with E-state index in [2.05, 4.69) is 72.7 Å². The van der Waals surface area contributed by atoms with Crippen molar-refractivity contribution in [1.29, 1.82) is 0 Å². The Hall–Kier alpha value is -3.93. The van der Waals surface area contributed by atoms with Gasteiger partial charge in [-0.1, -0.05) is 37.1 Å². The SMILES string of the molecule is c1ccc2ncc(Nc3ccnc(Nc4ccc5ccn(CC6CCCC6)c5c4)n3)cc2c1. The first-order chi connectivity index (χ1) is 16.3. The number of para-hydroxylation sites is 1. The zero-order chi connectivity index (χ0) is 22.0. The molecule has 1 aliphatic carbocycles. The van der Waals surface area contributed by atoms with Crippen molar-refractivity contribution in [2.45, 2.75) is 32.2 Å². The highest BCUT2D eigenvalue weighted by Crippen LogP contribution is 2.29. The number of anilines is 4. The van der Waals surface area contributed by atoms with Crippen LogP contribution < -0.4 is 10.6 Å². The lowest BCUT2D eigenvalue weighted by molar-refractivity contribution is 0.466. The Kier molecular flexibility index (Phi) is 5.11. The summed E-state index contributed by atoms with van der Waals surface area (Å²) in [6.07, 6.45) is 11.2. The smallest absolute Gasteiger partial charge is 0.229 e. The van der Waals surface area contributed by atoms with E-state index in [1.54, 1.807) is 6.20 Å². The molecule has 0 aliphatic heterocycles. The summed E-state index contributed by atoms with van der Waals surface area (Å²) >= 11 is 0. The van der Waals surface area contributed by atoms with Gasteiger partial charge in [-0.3, -0.25) is 4.98 Å². The average molecular weight is 435 g/mol. The van der Waals surface area contributed by atoms with Crippen molar-refractivity contribution in [3.05, 3.63) is 79.3 Å². The standard InChI is InChI=1S/C27H26N6/c1-2-6-19(5-1)18-33-14-12-20-9-10-22(16-25(20)33)31-27-28-13-11-26(32-27)30-23-15-21-7-3-4-8-24(21)29-17-23/h3-4,7-17,19H,1-2,5-6,18H2,(H2,28,30,31,32). The molecule has 3 heterocycles. The fourth-order valence-electron chi connectivity index (χ4n) is 4.80. The summed E-state index contributed by atoms with van der Waals surface area (Å²) in [6.45, 7) is 1.10. The number of nitrogens with one attached hydrogen (secondary N) is 2. The molecule has 5 aromatic rings. The van der Waals surface area contributed by atoms with Crippen molar-refractivity contribution >= 4 is 44.9 Å². The second-order valence-electron chi connectivity index (χ2n) is 8.82. The fraction of sp³-hybridized carbons (Fsp3) is 0.222. The van der Waals surface area contributed by atoms with Gasteiger partial charge in [-0.2, -0.15) is 4.98 Å². The Labute approximate surface area is 192 Å². The predicted octanol–water partition coefficient (Wildman–Crippen LogP) is 6.66. The monoisotopic (exact) mass is 434 g/mol. The molecule has 2 N–H and O–H groups in total. The molecule has 0 atom stereocenters. The van der Waals surface area contributed by atoms with Crippen LogP contribution in [0, 0.1) is 5.92 Å². The van der Waals surface area contributed by atoms with E-state index in [9.17, 15) is 0 Å². The number of aromatic nitrogens is 4. The molecule has 0 saturated heterocycles. The van der Waals surface area contributed by atoms with E-state index in [1.807, 2.05) is 30.5 Å². The van der Waals surface area contributed by atoms with Gasteiger partial charge >= 0.3 is 0 Å². The van der Waals surface area contributed by atoms with Gasteiger partial charge in [-0.15, -0.1) is 0 Å². The zero-order valence-electron chi connectivity index (χ0n) is 18.4. The van der Waals surface area contributed by atoms with E-state index in [-0.39, 0.29) is 0 Å². The number of nitrogens with zero attached hydrogens (tertiary/aromatic N) is 4. The van der Waals surface area contributed by atoms with Gasteiger partial charge in [0.1, 0.15) is 5.82 Å². The first kappa shape index (κ1) is 19.7. The molecular formula is C27H26N6. The van der Waals surface area contributed by atoms with E-state index >= 15 is 0 Å². The predicted molar refractivity (Wildman–Crippen MR) is 134 cm³/mol. The highest BCUT2D eigenvalue weighted by molar-refractivity contribution is 5.84. The maximum absolute atomic E-state index is 4.65. The van der Waals surface area contributed by atoms with E-state index in [0.717, 1.165) is 40.6 Å². The Bertz CT molecular complexity index is 1420. The third kappa shape index (κ3) is 4.24. The molecule has 33 heavy (non-hydrogen) atoms. The third-order valence-corrected chi connectivity index (χ3v) is 6.48. The minimum Gasteiger partial charge on any atom is -0.347 e. The molecule has 0 spiro atoms. The van der Waals surface area contributed by atoms with Gasteiger partial charge < -0.3 is 15.2 Å². The van der Waals surface area contributed by atoms with Crippen LogP contribution in [0.1, 0.15) is 25.7 Å². The number of benzene rings is 2. The van der Waals surface area contributed by atoms with Crippen LogP contribution >= 0.6 is 0 Å². The molecule has 1 fully saturated rings. The lowest BCUT2D eigenvalue weighted by atomic mass is 10.1. The summed E-state index contributed by atoms with van der Waals surface area (Å²) in [6, 6.07) is 20.6. The lowest BCUT2D eigenvalue weighted by Gasteiger charge is -2.13. The first-order valence-corrected chi connectivity index (χ1v) is 11.6. The van der Waals surface area contributed by atoms with Crippen LogP contribution in [0.4, 0.5) is 23.1 Å². The number of hydrogen-bond donors (Lipinski definition) is 2. The summed E-state index contributed by atoms with van der Waals surface area (Å²) in [7, 11) is 0. The normalized spacial score (nSPS) is 14.2. The van der Waals surface area contributed by atoms with Crippen molar-refractivity contribution in [3.8, 4) is 0 Å². The second kappa shape index (κ2) is 8.54. The van der Waals surface area contributed by atoms with Gasteiger partial charge in [0.25, 0.3) is 0 Å². The van der Waals surface area contributed by atoms with Crippen molar-refractivity contribution in [3.63, 3.8) is 0 Å². The van der Waals surface area contributed by atoms with Crippen molar-refractivity contribution in [1.82, 2.24) is 19.5 Å². The van der Waals surface area contributed by atoms with Crippen LogP contribution in [0.25, 0.3) is 21.8 Å². The van der Waals surface area contributed by atoms with Gasteiger partial charge in [-0.25, -0.2) is 4.98 Å². The van der Waals surface area contributed by atoms with Crippen LogP contribution in [0.2, 0.25) is 0 Å². The molecule has 0 amide bonds. The van der Waals surface area contributed by atoms with Gasteiger partial charge in [0.15, 0.2) is 0 Å². The maximum atomic E-state index is 4.65. The number of fused-ring (bicyclic) bond motifs is 2. The van der Waals surface area contributed by atoms with E-state index in [0.29, 0.717) is 5.95 Å². The summed E-state index contributed by atoms with van der Waals surface area (Å²) in [5, 5.41) is 9.06. The molecule has 6 heteroatoms. The molecule has 6 rings (SSSR count). The molecule has 0 radical (unpaired) electrons. The van der Waals surface area contributed by atoms with Gasteiger partial charge in [0.05, 0.1) is 22.9 Å². The molecule has 2 aromatic carbocycles. The van der Waals surface area contributed by atoms with E-state index in [1.165, 1.54) is 36.6 Å². The molecule has 1 aliphatic rings. The van der Waals surface area contributed by atoms with Crippen molar-refractivity contribution < 1.29 is 0 Å². The first-order valence-electron chi connectivity index (χ1n) is 11.6. The highest BCUT2D eigenvalue weighted by Gasteiger charge is 2.16. The molecular weight excluding hydrogens is 408 g/mol. The number of rotatable bonds is 6. The minimum absolute atomic E-state index is 0.557. The van der Waals surface area contributed by atoms with Gasteiger partial charge in [0, 0.05) is 30.0 Å². The van der Waals surface area contributed by atoms with Crippen LogP contribution in [-0.4, -0.2) is 19.5 Å². The van der Waals surface area contributed by atoms with E-state index < -0.39 is 0 Å². The topological polar surface area (TPSA) is 67.7 Å². The summed E-state index contributed by atoms with van der Waals surface area (Å²) in [5.74, 6) is 2.07. The maximum Gasteiger partial charge on any atom is 0.229 e. The summed E-state index contributed by atoms with van der Waals surface area (Å²) in [4.78, 5) is 13.6. The zero-order valence-corrected chi connectivity index (χ0v) is 18.4. The second-order valence-corrected chi connectivity index (χ2v) is 8.82. The minimum atomic E-state index is 0.557. The summed E-state index contributed by atoms with van der Waals surface area (Å²) < 4.78 is 2.39. The lowest BCUT2D eigenvalue weighted by Crippen LogP contribution is -2.06. The number of hydrogen-bond acceptors (Lipinski definition) is 5. The molecule has 0 unspecified atom stereocenters. The Morgan fingerprint density at radius 2 is 1.76 bits per heavy atom. The van der Waals surface area contributed by atoms with E-state index in [4.69, 9.17) is 0 Å². The van der Waals surface area contributed by atoms with Crippen LogP contribution in [0.3, 0.4) is 0 Å². The van der Waals surface area contributed by atoms with Crippen LogP contribution in [0.15, 0.2) is 79.3 Å². The highest BCUT2D eigenvalue weighted by atomic mass is 15.1. The van der Waals surface area contributed by atoms with Crippen LogP contribution in [0.5, 0.6) is 0 Å². The van der Waals surface area contributed by atoms with Gasteiger partial charge in [-0.05, 0) is 60.5 Å². The van der Waals surface area contributed by atoms with Crippen molar-refractivity contribution in [2.24, 2.45) is 5.92 Å². The van der Waals surface area contributed by atoms with Gasteiger partial charge in [0.2, 0.25) is 5.95 Å². The molecule has 6 nitrogen and oxygen atoms in total. The largest absolute Gasteiger partial charge is 0.347 e. The van der Waals surface area contributed by atoms with Crippen molar-refractivity contribution in [2.75, 3.05) is 10.6 Å².